The van der Waals surface area contributed by atoms with Gasteiger partial charge < -0.3 is 10.0 Å². The van der Waals surface area contributed by atoms with Crippen molar-refractivity contribution >= 4 is 27.5 Å². The van der Waals surface area contributed by atoms with Crippen LogP contribution in [0.5, 0.6) is 5.75 Å². The number of halogens is 2. The number of benzene rings is 2. The van der Waals surface area contributed by atoms with Crippen LogP contribution in [0.15, 0.2) is 34.8 Å². The topological polar surface area (TPSA) is 23.5 Å². The van der Waals surface area contributed by atoms with Crippen molar-refractivity contribution < 1.29 is 5.11 Å². The third kappa shape index (κ3) is 3.79. The standard InChI is InChI=1S/C20H23BrClNO/c1-23(2)9-8-14-10-19(22)20(24)12-18(14)16-5-3-4-13-6-7-15(21)11-17(13)16/h6-7,10-12,16,24H,3-5,8-9H2,1-2H3. The molecule has 128 valence electrons. The quantitative estimate of drug-likeness (QED) is 0.734. The fourth-order valence-electron chi connectivity index (χ4n) is 3.60. The lowest BCUT2D eigenvalue weighted by atomic mass is 9.77. The van der Waals surface area contributed by atoms with Gasteiger partial charge in [0.25, 0.3) is 0 Å². The normalized spacial score (nSPS) is 17.1. The van der Waals surface area contributed by atoms with Crippen LogP contribution in [-0.4, -0.2) is 30.6 Å². The minimum Gasteiger partial charge on any atom is -0.506 e. The molecule has 0 radical (unpaired) electrons. The first kappa shape index (κ1) is 17.8. The molecule has 1 N–H and O–H groups in total. The van der Waals surface area contributed by atoms with E-state index >= 15 is 0 Å². The number of phenols is 1. The molecule has 1 unspecified atom stereocenters. The molecule has 0 aromatic heterocycles. The zero-order valence-corrected chi connectivity index (χ0v) is 16.5. The number of nitrogens with zero attached hydrogens (tertiary/aromatic N) is 1. The lowest BCUT2D eigenvalue weighted by Gasteiger charge is -2.28. The Morgan fingerprint density at radius 2 is 2.00 bits per heavy atom. The minimum atomic E-state index is 0.183. The summed E-state index contributed by atoms with van der Waals surface area (Å²) in [5, 5.41) is 10.6. The van der Waals surface area contributed by atoms with Crippen LogP contribution >= 0.6 is 27.5 Å². The molecule has 2 nitrogen and oxygen atoms in total. The summed E-state index contributed by atoms with van der Waals surface area (Å²) in [6, 6.07) is 10.4. The van der Waals surface area contributed by atoms with Crippen LogP contribution in [-0.2, 0) is 12.8 Å². The van der Waals surface area contributed by atoms with Crippen LogP contribution in [0.4, 0.5) is 0 Å². The second-order valence-electron chi connectivity index (χ2n) is 6.84. The fraction of sp³-hybridized carbons (Fsp3) is 0.400. The van der Waals surface area contributed by atoms with Crippen LogP contribution in [0.1, 0.15) is 41.0 Å². The van der Waals surface area contributed by atoms with E-state index in [0.717, 1.165) is 30.3 Å². The molecule has 0 amide bonds. The molecule has 1 atom stereocenters. The first-order chi connectivity index (χ1) is 11.5. The zero-order valence-electron chi connectivity index (χ0n) is 14.1. The van der Waals surface area contributed by atoms with E-state index in [1.54, 1.807) is 0 Å². The summed E-state index contributed by atoms with van der Waals surface area (Å²) in [4.78, 5) is 2.18. The van der Waals surface area contributed by atoms with Gasteiger partial charge in [0.1, 0.15) is 5.75 Å². The Kier molecular flexibility index (Phi) is 5.53. The third-order valence-corrected chi connectivity index (χ3v) is 5.63. The Hall–Kier alpha value is -1.03. The maximum Gasteiger partial charge on any atom is 0.134 e. The molecular formula is C20H23BrClNO. The summed E-state index contributed by atoms with van der Waals surface area (Å²) in [7, 11) is 4.16. The van der Waals surface area contributed by atoms with Gasteiger partial charge in [-0.3, -0.25) is 0 Å². The monoisotopic (exact) mass is 407 g/mol. The number of rotatable bonds is 4. The highest BCUT2D eigenvalue weighted by atomic mass is 79.9. The smallest absolute Gasteiger partial charge is 0.134 e. The SMILES string of the molecule is CN(C)CCc1cc(Cl)c(O)cc1C1CCCc2ccc(Br)cc21. The summed E-state index contributed by atoms with van der Waals surface area (Å²) in [6.07, 6.45) is 4.35. The number of likely N-dealkylation sites (N-methyl/N-ethyl adjacent to an activating group) is 1. The highest BCUT2D eigenvalue weighted by molar-refractivity contribution is 9.10. The second-order valence-corrected chi connectivity index (χ2v) is 8.17. The van der Waals surface area contributed by atoms with Crippen molar-refractivity contribution in [2.75, 3.05) is 20.6 Å². The first-order valence-corrected chi connectivity index (χ1v) is 9.57. The number of aryl methyl sites for hydroxylation is 1. The molecule has 1 aliphatic carbocycles. The minimum absolute atomic E-state index is 0.183. The van der Waals surface area contributed by atoms with Crippen molar-refractivity contribution in [2.24, 2.45) is 0 Å². The molecule has 3 rings (SSSR count). The largest absolute Gasteiger partial charge is 0.506 e. The van der Waals surface area contributed by atoms with E-state index in [1.165, 1.54) is 28.7 Å². The number of hydrogen-bond donors (Lipinski definition) is 1. The number of hydrogen-bond acceptors (Lipinski definition) is 2. The van der Waals surface area contributed by atoms with Gasteiger partial charge in [0.15, 0.2) is 0 Å². The van der Waals surface area contributed by atoms with E-state index in [2.05, 4.69) is 53.1 Å². The van der Waals surface area contributed by atoms with Crippen LogP contribution in [0, 0.1) is 0 Å². The van der Waals surface area contributed by atoms with E-state index < -0.39 is 0 Å². The van der Waals surface area contributed by atoms with Crippen molar-refractivity contribution in [2.45, 2.75) is 31.6 Å². The average Bonchev–Trinajstić information content (AvgIpc) is 2.55. The molecule has 2 aromatic rings. The van der Waals surface area contributed by atoms with Crippen LogP contribution < -0.4 is 0 Å². The lowest BCUT2D eigenvalue weighted by molar-refractivity contribution is 0.412. The van der Waals surface area contributed by atoms with Gasteiger partial charge in [-0.1, -0.05) is 33.6 Å². The molecule has 4 heteroatoms. The molecule has 1 aliphatic rings. The van der Waals surface area contributed by atoms with Gasteiger partial charge in [0.2, 0.25) is 0 Å². The van der Waals surface area contributed by atoms with Gasteiger partial charge in [-0.25, -0.2) is 0 Å². The molecule has 0 bridgehead atoms. The summed E-state index contributed by atoms with van der Waals surface area (Å²) < 4.78 is 1.11. The molecule has 0 aliphatic heterocycles. The summed E-state index contributed by atoms with van der Waals surface area (Å²) in [5.74, 6) is 0.508. The van der Waals surface area contributed by atoms with E-state index in [0.29, 0.717) is 10.9 Å². The summed E-state index contributed by atoms with van der Waals surface area (Å²) >= 11 is 9.80. The Bertz CT molecular complexity index is 745. The molecule has 0 saturated carbocycles. The molecule has 0 heterocycles. The molecule has 0 saturated heterocycles. The van der Waals surface area contributed by atoms with Crippen LogP contribution in [0.2, 0.25) is 5.02 Å². The summed E-state index contributed by atoms with van der Waals surface area (Å²) in [5.41, 5.74) is 5.26. The third-order valence-electron chi connectivity index (χ3n) is 4.83. The van der Waals surface area contributed by atoms with E-state index in [9.17, 15) is 5.11 Å². The van der Waals surface area contributed by atoms with Gasteiger partial charge in [-0.15, -0.1) is 0 Å². The number of fused-ring (bicyclic) bond motifs is 1. The molecule has 24 heavy (non-hydrogen) atoms. The second kappa shape index (κ2) is 7.47. The van der Waals surface area contributed by atoms with Crippen molar-refractivity contribution in [1.82, 2.24) is 4.90 Å². The maximum absolute atomic E-state index is 10.2. The lowest BCUT2D eigenvalue weighted by Crippen LogP contribution is -2.18. The van der Waals surface area contributed by atoms with Gasteiger partial charge in [-0.2, -0.15) is 0 Å². The molecule has 0 fully saturated rings. The van der Waals surface area contributed by atoms with Crippen molar-refractivity contribution in [3.05, 3.63) is 62.1 Å². The van der Waals surface area contributed by atoms with Crippen molar-refractivity contribution in [3.8, 4) is 5.75 Å². The Labute approximate surface area is 157 Å². The van der Waals surface area contributed by atoms with Gasteiger partial charge in [0, 0.05) is 16.9 Å². The fourth-order valence-corrected chi connectivity index (χ4v) is 4.16. The summed E-state index contributed by atoms with van der Waals surface area (Å²) in [6.45, 7) is 0.964. The highest BCUT2D eigenvalue weighted by Gasteiger charge is 2.25. The van der Waals surface area contributed by atoms with Crippen LogP contribution in [0.25, 0.3) is 0 Å². The van der Waals surface area contributed by atoms with Gasteiger partial charge in [-0.05, 0) is 86.3 Å². The number of phenolic OH excluding ortho intramolecular Hbond substituents is 1. The Balaban J connectivity index is 2.06. The molecular weight excluding hydrogens is 386 g/mol. The van der Waals surface area contributed by atoms with Crippen LogP contribution in [0.3, 0.4) is 0 Å². The van der Waals surface area contributed by atoms with Gasteiger partial charge >= 0.3 is 0 Å². The zero-order chi connectivity index (χ0) is 17.3. The average molecular weight is 409 g/mol. The van der Waals surface area contributed by atoms with E-state index in [1.807, 2.05) is 12.1 Å². The predicted octanol–water partition coefficient (Wildman–Crippen LogP) is 5.38. The maximum atomic E-state index is 10.2. The predicted molar refractivity (Wildman–Crippen MR) is 104 cm³/mol. The Morgan fingerprint density at radius 1 is 1.21 bits per heavy atom. The molecule has 0 spiro atoms. The number of aromatic hydroxyl groups is 1. The Morgan fingerprint density at radius 3 is 2.75 bits per heavy atom. The first-order valence-electron chi connectivity index (χ1n) is 8.40. The highest BCUT2D eigenvalue weighted by Crippen LogP contribution is 2.41. The van der Waals surface area contributed by atoms with Crippen molar-refractivity contribution in [1.29, 1.82) is 0 Å². The van der Waals surface area contributed by atoms with Gasteiger partial charge in [0.05, 0.1) is 5.02 Å². The molecule has 2 aromatic carbocycles. The van der Waals surface area contributed by atoms with E-state index in [-0.39, 0.29) is 5.75 Å². The van der Waals surface area contributed by atoms with Crippen molar-refractivity contribution in [3.63, 3.8) is 0 Å². The van der Waals surface area contributed by atoms with E-state index in [4.69, 9.17) is 11.6 Å².